The highest BCUT2D eigenvalue weighted by atomic mass is 16.7. The van der Waals surface area contributed by atoms with E-state index in [9.17, 15) is 0 Å². The molecule has 1 saturated heterocycles. The minimum atomic E-state index is 0.0104. The third-order valence-corrected chi connectivity index (χ3v) is 2.54. The van der Waals surface area contributed by atoms with Crippen molar-refractivity contribution in [2.75, 3.05) is 20.3 Å². The van der Waals surface area contributed by atoms with E-state index >= 15 is 0 Å². The highest BCUT2D eigenvalue weighted by Gasteiger charge is 2.19. The highest BCUT2D eigenvalue weighted by Crippen LogP contribution is 2.13. The summed E-state index contributed by atoms with van der Waals surface area (Å²) in [7, 11) is 1.99. The molecule has 82 valence electrons. The van der Waals surface area contributed by atoms with Crippen LogP contribution in [0.4, 0.5) is 0 Å². The second-order valence-corrected chi connectivity index (χ2v) is 3.61. The van der Waals surface area contributed by atoms with Crippen molar-refractivity contribution in [3.8, 4) is 0 Å². The Labute approximate surface area is 86.5 Å². The number of hydrogen-bond acceptors (Lipinski definition) is 3. The number of nitrogens with one attached hydrogen (secondary N) is 1. The summed E-state index contributed by atoms with van der Waals surface area (Å²) in [4.78, 5) is 0. The van der Waals surface area contributed by atoms with Crippen molar-refractivity contribution in [2.45, 2.75) is 38.0 Å². The van der Waals surface area contributed by atoms with E-state index in [0.717, 1.165) is 32.5 Å². The first-order valence-electron chi connectivity index (χ1n) is 5.38. The second-order valence-electron chi connectivity index (χ2n) is 3.61. The van der Waals surface area contributed by atoms with Crippen molar-refractivity contribution in [1.29, 1.82) is 0 Å². The highest BCUT2D eigenvalue weighted by molar-refractivity contribution is 4.72. The lowest BCUT2D eigenvalue weighted by atomic mass is 10.1. The van der Waals surface area contributed by atoms with Gasteiger partial charge in [0.05, 0.1) is 13.2 Å². The number of ether oxygens (including phenoxy) is 2. The maximum atomic E-state index is 5.41. The summed E-state index contributed by atoms with van der Waals surface area (Å²) in [6, 6.07) is 0.498. The van der Waals surface area contributed by atoms with Crippen molar-refractivity contribution >= 4 is 0 Å². The second kappa shape index (κ2) is 6.98. The Bertz CT molecular complexity index is 155. The number of rotatable bonds is 7. The molecule has 0 aromatic rings. The molecule has 1 atom stereocenters. The molecule has 1 N–H and O–H groups in total. The van der Waals surface area contributed by atoms with Gasteiger partial charge in [-0.05, 0) is 26.3 Å². The molecule has 3 heteroatoms. The van der Waals surface area contributed by atoms with Crippen molar-refractivity contribution in [1.82, 2.24) is 5.32 Å². The molecule has 1 aliphatic rings. The molecule has 14 heavy (non-hydrogen) atoms. The van der Waals surface area contributed by atoms with E-state index in [2.05, 4.69) is 11.9 Å². The first-order valence-corrected chi connectivity index (χ1v) is 5.38. The normalized spacial score (nSPS) is 19.8. The fraction of sp³-hybridized carbons (Fsp3) is 0.818. The van der Waals surface area contributed by atoms with Gasteiger partial charge in [-0.3, -0.25) is 0 Å². The number of unbranched alkanes of at least 4 members (excludes halogenated alkanes) is 1. The predicted molar refractivity (Wildman–Crippen MR) is 57.2 cm³/mol. The molecule has 0 amide bonds. The first kappa shape index (κ1) is 11.7. The molecule has 0 saturated carbocycles. The molecular weight excluding hydrogens is 178 g/mol. The number of hydrogen-bond donors (Lipinski definition) is 1. The average molecular weight is 199 g/mol. The van der Waals surface area contributed by atoms with Crippen molar-refractivity contribution in [3.63, 3.8) is 0 Å². The molecule has 0 aromatic heterocycles. The molecule has 1 unspecified atom stereocenters. The van der Waals surface area contributed by atoms with Crippen molar-refractivity contribution in [2.24, 2.45) is 0 Å². The lowest BCUT2D eigenvalue weighted by molar-refractivity contribution is -0.0528. The molecular formula is C11H21NO2. The lowest BCUT2D eigenvalue weighted by Crippen LogP contribution is -2.30. The molecule has 1 heterocycles. The van der Waals surface area contributed by atoms with E-state index in [-0.39, 0.29) is 6.29 Å². The SMILES string of the molecule is C=CCCCC(CC1OCCO1)NC. The summed E-state index contributed by atoms with van der Waals surface area (Å²) < 4.78 is 10.8. The largest absolute Gasteiger partial charge is 0.350 e. The van der Waals surface area contributed by atoms with Crippen LogP contribution in [0.3, 0.4) is 0 Å². The van der Waals surface area contributed by atoms with E-state index in [4.69, 9.17) is 9.47 Å². The third-order valence-electron chi connectivity index (χ3n) is 2.54. The minimum absolute atomic E-state index is 0.0104. The monoisotopic (exact) mass is 199 g/mol. The molecule has 0 radical (unpaired) electrons. The van der Waals surface area contributed by atoms with Gasteiger partial charge in [-0.25, -0.2) is 0 Å². The van der Waals surface area contributed by atoms with Gasteiger partial charge in [0.2, 0.25) is 0 Å². The van der Waals surface area contributed by atoms with Crippen LogP contribution in [0.25, 0.3) is 0 Å². The zero-order valence-electron chi connectivity index (χ0n) is 9.00. The van der Waals surface area contributed by atoms with Crippen LogP contribution in [0.15, 0.2) is 12.7 Å². The predicted octanol–water partition coefficient (Wildman–Crippen LogP) is 1.69. The van der Waals surface area contributed by atoms with Crippen LogP contribution in [-0.4, -0.2) is 32.6 Å². The third kappa shape index (κ3) is 4.22. The van der Waals surface area contributed by atoms with Crippen molar-refractivity contribution in [3.05, 3.63) is 12.7 Å². The summed E-state index contributed by atoms with van der Waals surface area (Å²) in [5, 5.41) is 3.29. The smallest absolute Gasteiger partial charge is 0.159 e. The van der Waals surface area contributed by atoms with Gasteiger partial charge >= 0.3 is 0 Å². The van der Waals surface area contributed by atoms with Gasteiger partial charge in [0.15, 0.2) is 6.29 Å². The lowest BCUT2D eigenvalue weighted by Gasteiger charge is -2.18. The molecule has 1 fully saturated rings. The molecule has 0 spiro atoms. The summed E-state index contributed by atoms with van der Waals surface area (Å²) in [6.07, 6.45) is 6.36. The van der Waals surface area contributed by atoms with Crippen LogP contribution in [-0.2, 0) is 9.47 Å². The average Bonchev–Trinajstić information content (AvgIpc) is 2.69. The van der Waals surface area contributed by atoms with Gasteiger partial charge in [0, 0.05) is 12.5 Å². The van der Waals surface area contributed by atoms with E-state index in [1.807, 2.05) is 13.1 Å². The van der Waals surface area contributed by atoms with Crippen LogP contribution in [0.1, 0.15) is 25.7 Å². The van der Waals surface area contributed by atoms with Crippen molar-refractivity contribution < 1.29 is 9.47 Å². The molecule has 0 aromatic carbocycles. The first-order chi connectivity index (χ1) is 6.86. The fourth-order valence-electron chi connectivity index (χ4n) is 1.66. The van der Waals surface area contributed by atoms with E-state index in [1.54, 1.807) is 0 Å². The van der Waals surface area contributed by atoms with Crippen LogP contribution in [0.2, 0.25) is 0 Å². The van der Waals surface area contributed by atoms with Crippen LogP contribution in [0, 0.1) is 0 Å². The summed E-state index contributed by atoms with van der Waals surface area (Å²) in [5.41, 5.74) is 0. The topological polar surface area (TPSA) is 30.5 Å². The van der Waals surface area contributed by atoms with Crippen LogP contribution >= 0.6 is 0 Å². The summed E-state index contributed by atoms with van der Waals surface area (Å²) in [5.74, 6) is 0. The Balaban J connectivity index is 2.13. The maximum absolute atomic E-state index is 5.41. The molecule has 1 aliphatic heterocycles. The van der Waals surface area contributed by atoms with E-state index in [1.165, 1.54) is 6.42 Å². The Morgan fingerprint density at radius 3 is 2.79 bits per heavy atom. The molecule has 3 nitrogen and oxygen atoms in total. The van der Waals surface area contributed by atoms with Gasteiger partial charge in [-0.15, -0.1) is 6.58 Å². The van der Waals surface area contributed by atoms with Gasteiger partial charge in [0.25, 0.3) is 0 Å². The Morgan fingerprint density at radius 2 is 2.21 bits per heavy atom. The van der Waals surface area contributed by atoms with E-state index < -0.39 is 0 Å². The van der Waals surface area contributed by atoms with Crippen LogP contribution in [0.5, 0.6) is 0 Å². The zero-order chi connectivity index (χ0) is 10.2. The zero-order valence-corrected chi connectivity index (χ0v) is 9.00. The molecule has 0 bridgehead atoms. The Hall–Kier alpha value is -0.380. The summed E-state index contributed by atoms with van der Waals surface area (Å²) in [6.45, 7) is 5.20. The van der Waals surface area contributed by atoms with Gasteiger partial charge in [0.1, 0.15) is 0 Å². The molecule has 0 aliphatic carbocycles. The Morgan fingerprint density at radius 1 is 1.50 bits per heavy atom. The van der Waals surface area contributed by atoms with Gasteiger partial charge in [-0.1, -0.05) is 6.08 Å². The Kier molecular flexibility index (Phi) is 5.83. The van der Waals surface area contributed by atoms with Crippen LogP contribution < -0.4 is 5.32 Å². The van der Waals surface area contributed by atoms with Gasteiger partial charge < -0.3 is 14.8 Å². The molecule has 1 rings (SSSR count). The summed E-state index contributed by atoms with van der Waals surface area (Å²) >= 11 is 0. The standard InChI is InChI=1S/C11H21NO2/c1-3-4-5-6-10(12-2)9-11-13-7-8-14-11/h3,10-12H,1,4-9H2,2H3. The fourth-order valence-corrected chi connectivity index (χ4v) is 1.66. The maximum Gasteiger partial charge on any atom is 0.159 e. The number of allylic oxidation sites excluding steroid dienone is 1. The minimum Gasteiger partial charge on any atom is -0.350 e. The quantitative estimate of drug-likeness (QED) is 0.500. The van der Waals surface area contributed by atoms with Gasteiger partial charge in [-0.2, -0.15) is 0 Å². The van der Waals surface area contributed by atoms with E-state index in [0.29, 0.717) is 6.04 Å².